The summed E-state index contributed by atoms with van der Waals surface area (Å²) < 4.78 is 0. The number of aliphatic hydroxyl groups excluding tert-OH is 2. The molecule has 0 aromatic heterocycles. The molecule has 4 heteroatoms. The van der Waals surface area contributed by atoms with Crippen LogP contribution in [-0.2, 0) is 0 Å². The van der Waals surface area contributed by atoms with Crippen molar-refractivity contribution in [2.45, 2.75) is 6.10 Å². The van der Waals surface area contributed by atoms with E-state index in [0.717, 1.165) is 0 Å². The quantitative estimate of drug-likeness (QED) is 0.502. The number of aromatic hydroxyl groups is 1. The molecule has 0 aliphatic heterocycles. The minimum atomic E-state index is -0.806. The Hall–Kier alpha value is -1.26. The van der Waals surface area contributed by atoms with Gasteiger partial charge in [-0.2, -0.15) is 0 Å². The SMILES string of the molecule is OCC(O)CNc1ccccc1O. The molecule has 1 aromatic rings. The summed E-state index contributed by atoms with van der Waals surface area (Å²) in [5.74, 6) is 0.132. The van der Waals surface area contributed by atoms with Crippen LogP contribution >= 0.6 is 0 Å². The molecule has 1 unspecified atom stereocenters. The number of phenolic OH excluding ortho intramolecular Hbond substituents is 1. The summed E-state index contributed by atoms with van der Waals surface area (Å²) in [7, 11) is 0. The number of anilines is 1. The van der Waals surface area contributed by atoms with Gasteiger partial charge in [-0.25, -0.2) is 0 Å². The monoisotopic (exact) mass is 183 g/mol. The maximum absolute atomic E-state index is 9.29. The Balaban J connectivity index is 2.50. The Morgan fingerprint density at radius 1 is 1.31 bits per heavy atom. The minimum absolute atomic E-state index is 0.132. The molecule has 0 fully saturated rings. The predicted octanol–water partition coefficient (Wildman–Crippen LogP) is 0.157. The lowest BCUT2D eigenvalue weighted by molar-refractivity contribution is 0.105. The summed E-state index contributed by atoms with van der Waals surface area (Å²) in [6.45, 7) is -0.0747. The Kier molecular flexibility index (Phi) is 3.54. The number of rotatable bonds is 4. The van der Waals surface area contributed by atoms with Crippen LogP contribution in [-0.4, -0.2) is 34.6 Å². The van der Waals surface area contributed by atoms with Crippen LogP contribution in [0, 0.1) is 0 Å². The fraction of sp³-hybridized carbons (Fsp3) is 0.333. The van der Waals surface area contributed by atoms with Gasteiger partial charge in [0.05, 0.1) is 18.4 Å². The van der Waals surface area contributed by atoms with Crippen LogP contribution in [0.1, 0.15) is 0 Å². The highest BCUT2D eigenvalue weighted by Crippen LogP contribution is 2.20. The first-order chi connectivity index (χ1) is 6.24. The number of para-hydroxylation sites is 2. The van der Waals surface area contributed by atoms with Crippen molar-refractivity contribution in [3.63, 3.8) is 0 Å². The molecule has 0 aliphatic rings. The average Bonchev–Trinajstić information content (AvgIpc) is 2.16. The van der Waals surface area contributed by atoms with E-state index in [1.165, 1.54) is 0 Å². The number of nitrogens with one attached hydrogen (secondary N) is 1. The summed E-state index contributed by atoms with van der Waals surface area (Å²) >= 11 is 0. The van der Waals surface area contributed by atoms with Crippen LogP contribution < -0.4 is 5.32 Å². The molecule has 13 heavy (non-hydrogen) atoms. The standard InChI is InChI=1S/C9H13NO3/c11-6-7(12)5-10-8-3-1-2-4-9(8)13/h1-4,7,10-13H,5-6H2. The first-order valence-corrected chi connectivity index (χ1v) is 4.05. The maximum atomic E-state index is 9.29. The third kappa shape index (κ3) is 2.93. The predicted molar refractivity (Wildman–Crippen MR) is 49.7 cm³/mol. The van der Waals surface area contributed by atoms with Crippen molar-refractivity contribution in [2.24, 2.45) is 0 Å². The van der Waals surface area contributed by atoms with Crippen molar-refractivity contribution < 1.29 is 15.3 Å². The van der Waals surface area contributed by atoms with Crippen LogP contribution in [0.4, 0.5) is 5.69 Å². The zero-order valence-electron chi connectivity index (χ0n) is 7.14. The van der Waals surface area contributed by atoms with Crippen molar-refractivity contribution in [2.75, 3.05) is 18.5 Å². The van der Waals surface area contributed by atoms with Gasteiger partial charge >= 0.3 is 0 Å². The van der Waals surface area contributed by atoms with Gasteiger partial charge in [0, 0.05) is 6.54 Å². The summed E-state index contributed by atoms with van der Waals surface area (Å²) in [5.41, 5.74) is 0.551. The molecule has 0 radical (unpaired) electrons. The van der Waals surface area contributed by atoms with Gasteiger partial charge in [-0.3, -0.25) is 0 Å². The van der Waals surface area contributed by atoms with E-state index in [1.54, 1.807) is 24.3 Å². The van der Waals surface area contributed by atoms with Crippen molar-refractivity contribution in [3.8, 4) is 5.75 Å². The van der Waals surface area contributed by atoms with Crippen LogP contribution in [0.15, 0.2) is 24.3 Å². The van der Waals surface area contributed by atoms with Gasteiger partial charge in [-0.05, 0) is 12.1 Å². The number of phenols is 1. The van der Waals surface area contributed by atoms with Crippen LogP contribution in [0.25, 0.3) is 0 Å². The van der Waals surface area contributed by atoms with E-state index in [1.807, 2.05) is 0 Å². The zero-order chi connectivity index (χ0) is 9.68. The summed E-state index contributed by atoms with van der Waals surface area (Å²) in [5, 5.41) is 29.6. The molecule has 4 nitrogen and oxygen atoms in total. The highest BCUT2D eigenvalue weighted by atomic mass is 16.3. The normalized spacial score (nSPS) is 12.5. The Labute approximate surface area is 76.5 Å². The van der Waals surface area contributed by atoms with Crippen molar-refractivity contribution in [3.05, 3.63) is 24.3 Å². The van der Waals surface area contributed by atoms with Gasteiger partial charge in [0.15, 0.2) is 0 Å². The van der Waals surface area contributed by atoms with E-state index >= 15 is 0 Å². The Bertz CT molecular complexity index is 265. The minimum Gasteiger partial charge on any atom is -0.506 e. The lowest BCUT2D eigenvalue weighted by atomic mass is 10.3. The molecule has 0 aliphatic carbocycles. The number of benzene rings is 1. The molecular weight excluding hydrogens is 170 g/mol. The summed E-state index contributed by atoms with van der Waals surface area (Å²) in [6, 6.07) is 6.73. The maximum Gasteiger partial charge on any atom is 0.138 e. The average molecular weight is 183 g/mol. The Morgan fingerprint density at radius 3 is 2.62 bits per heavy atom. The lowest BCUT2D eigenvalue weighted by Gasteiger charge is -2.10. The van der Waals surface area contributed by atoms with Crippen LogP contribution in [0.5, 0.6) is 5.75 Å². The second-order valence-electron chi connectivity index (χ2n) is 2.73. The number of hydrogen-bond acceptors (Lipinski definition) is 4. The fourth-order valence-electron chi connectivity index (χ4n) is 0.915. The topological polar surface area (TPSA) is 72.7 Å². The Morgan fingerprint density at radius 2 is 2.00 bits per heavy atom. The second kappa shape index (κ2) is 4.69. The van der Waals surface area contributed by atoms with Gasteiger partial charge in [-0.1, -0.05) is 12.1 Å². The molecule has 0 heterocycles. The van der Waals surface area contributed by atoms with Gasteiger partial charge in [0.1, 0.15) is 5.75 Å². The molecule has 1 rings (SSSR count). The smallest absolute Gasteiger partial charge is 0.138 e. The van der Waals surface area contributed by atoms with Crippen molar-refractivity contribution >= 4 is 5.69 Å². The van der Waals surface area contributed by atoms with E-state index in [9.17, 15) is 5.11 Å². The first kappa shape index (κ1) is 9.83. The number of aliphatic hydroxyl groups is 2. The van der Waals surface area contributed by atoms with E-state index in [4.69, 9.17) is 10.2 Å². The first-order valence-electron chi connectivity index (χ1n) is 4.05. The van der Waals surface area contributed by atoms with Crippen molar-refractivity contribution in [1.29, 1.82) is 0 Å². The molecule has 72 valence electrons. The van der Waals surface area contributed by atoms with Crippen LogP contribution in [0.3, 0.4) is 0 Å². The van der Waals surface area contributed by atoms with Gasteiger partial charge in [0.2, 0.25) is 0 Å². The molecule has 0 amide bonds. The largest absolute Gasteiger partial charge is 0.506 e. The van der Waals surface area contributed by atoms with Gasteiger partial charge < -0.3 is 20.6 Å². The van der Waals surface area contributed by atoms with Gasteiger partial charge in [-0.15, -0.1) is 0 Å². The molecule has 0 spiro atoms. The fourth-order valence-corrected chi connectivity index (χ4v) is 0.915. The highest BCUT2D eigenvalue weighted by Gasteiger charge is 2.03. The van der Waals surface area contributed by atoms with Crippen molar-refractivity contribution in [1.82, 2.24) is 0 Å². The zero-order valence-corrected chi connectivity index (χ0v) is 7.14. The molecule has 0 saturated carbocycles. The second-order valence-corrected chi connectivity index (χ2v) is 2.73. The summed E-state index contributed by atoms with van der Waals surface area (Å²) in [4.78, 5) is 0. The third-order valence-corrected chi connectivity index (χ3v) is 1.64. The third-order valence-electron chi connectivity index (χ3n) is 1.64. The molecule has 1 aromatic carbocycles. The highest BCUT2D eigenvalue weighted by molar-refractivity contribution is 5.55. The molecule has 4 N–H and O–H groups in total. The molecule has 0 saturated heterocycles. The van der Waals surface area contributed by atoms with E-state index in [0.29, 0.717) is 5.69 Å². The van der Waals surface area contributed by atoms with E-state index < -0.39 is 6.10 Å². The molecular formula is C9H13NO3. The summed E-state index contributed by atoms with van der Waals surface area (Å²) in [6.07, 6.45) is -0.806. The van der Waals surface area contributed by atoms with Crippen LogP contribution in [0.2, 0.25) is 0 Å². The van der Waals surface area contributed by atoms with E-state index in [-0.39, 0.29) is 18.9 Å². The molecule has 0 bridgehead atoms. The van der Waals surface area contributed by atoms with Gasteiger partial charge in [0.25, 0.3) is 0 Å². The number of hydrogen-bond donors (Lipinski definition) is 4. The lowest BCUT2D eigenvalue weighted by Crippen LogP contribution is -2.22. The molecule has 1 atom stereocenters. The van der Waals surface area contributed by atoms with E-state index in [2.05, 4.69) is 5.32 Å².